The number of primary amides is 1. The third-order valence-electron chi connectivity index (χ3n) is 2.70. The summed E-state index contributed by atoms with van der Waals surface area (Å²) in [6.07, 6.45) is 0. The molecule has 106 valence electrons. The first kappa shape index (κ1) is 16.0. The molecule has 0 aliphatic carbocycles. The van der Waals surface area contributed by atoms with Gasteiger partial charge < -0.3 is 16.0 Å². The van der Waals surface area contributed by atoms with Gasteiger partial charge in [0.25, 0.3) is 0 Å². The summed E-state index contributed by atoms with van der Waals surface area (Å²) in [5.41, 5.74) is 7.52. The molecule has 1 aromatic carbocycles. The Balaban J connectivity index is 2.95. The van der Waals surface area contributed by atoms with Crippen molar-refractivity contribution in [1.82, 2.24) is 5.32 Å². The van der Waals surface area contributed by atoms with Crippen molar-refractivity contribution in [3.63, 3.8) is 0 Å². The van der Waals surface area contributed by atoms with Crippen LogP contribution < -0.4 is 16.0 Å². The van der Waals surface area contributed by atoms with Crippen molar-refractivity contribution in [2.24, 2.45) is 11.7 Å². The summed E-state index contributed by atoms with van der Waals surface area (Å²) < 4.78 is 1.04. The fourth-order valence-electron chi connectivity index (χ4n) is 1.96. The van der Waals surface area contributed by atoms with Crippen LogP contribution >= 0.6 is 15.9 Å². The highest BCUT2D eigenvalue weighted by Gasteiger charge is 2.12. The van der Waals surface area contributed by atoms with Gasteiger partial charge in [0.1, 0.15) is 0 Å². The molecule has 1 amide bonds. The van der Waals surface area contributed by atoms with E-state index in [4.69, 9.17) is 5.73 Å². The maximum atomic E-state index is 11.2. The van der Waals surface area contributed by atoms with E-state index in [0.29, 0.717) is 5.92 Å². The predicted molar refractivity (Wildman–Crippen MR) is 83.2 cm³/mol. The first-order valence-electron chi connectivity index (χ1n) is 6.40. The van der Waals surface area contributed by atoms with Gasteiger partial charge in [-0.15, -0.1) is 0 Å². The van der Waals surface area contributed by atoms with Gasteiger partial charge in [0.05, 0.1) is 6.54 Å². The zero-order valence-corrected chi connectivity index (χ0v) is 13.3. The summed E-state index contributed by atoms with van der Waals surface area (Å²) in [4.78, 5) is 13.2. The van der Waals surface area contributed by atoms with Crippen LogP contribution in [0.3, 0.4) is 0 Å². The number of halogens is 1. The zero-order valence-electron chi connectivity index (χ0n) is 11.7. The number of nitrogens with one attached hydrogen (secondary N) is 1. The molecule has 0 fully saturated rings. The molecule has 0 bridgehead atoms. The fraction of sp³-hybridized carbons (Fsp3) is 0.500. The van der Waals surface area contributed by atoms with Crippen LogP contribution in [0.15, 0.2) is 22.7 Å². The normalized spacial score (nSPS) is 10.8. The zero-order chi connectivity index (χ0) is 14.4. The van der Waals surface area contributed by atoms with E-state index < -0.39 is 0 Å². The summed E-state index contributed by atoms with van der Waals surface area (Å²) in [6, 6.07) is 6.13. The van der Waals surface area contributed by atoms with E-state index in [0.717, 1.165) is 23.2 Å². The van der Waals surface area contributed by atoms with Crippen LogP contribution in [0.25, 0.3) is 0 Å². The van der Waals surface area contributed by atoms with Crippen LogP contribution in [0, 0.1) is 5.92 Å². The first-order chi connectivity index (χ1) is 8.93. The Bertz CT molecular complexity index is 435. The lowest BCUT2D eigenvalue weighted by atomic mass is 10.1. The number of rotatable bonds is 7. The van der Waals surface area contributed by atoms with Crippen molar-refractivity contribution in [2.75, 3.05) is 25.0 Å². The molecule has 1 rings (SSSR count). The molecule has 0 saturated heterocycles. The standard InChI is InChI=1S/C14H22BrN3O/c1-10(2)8-18(9-14(16)19)12-5-4-11(7-17-3)13(15)6-12/h4-6,10,17H,7-9H2,1-3H3,(H2,16,19). The van der Waals surface area contributed by atoms with E-state index in [9.17, 15) is 4.79 Å². The summed E-state index contributed by atoms with van der Waals surface area (Å²) in [7, 11) is 1.92. The predicted octanol–water partition coefficient (Wildman–Crippen LogP) is 2.12. The second-order valence-electron chi connectivity index (χ2n) is 5.05. The molecule has 0 aliphatic heterocycles. The van der Waals surface area contributed by atoms with E-state index >= 15 is 0 Å². The minimum absolute atomic E-state index is 0.246. The van der Waals surface area contributed by atoms with Gasteiger partial charge in [-0.3, -0.25) is 4.79 Å². The SMILES string of the molecule is CNCc1ccc(N(CC(N)=O)CC(C)C)cc1Br. The van der Waals surface area contributed by atoms with Gasteiger partial charge >= 0.3 is 0 Å². The Morgan fingerprint density at radius 1 is 1.47 bits per heavy atom. The van der Waals surface area contributed by atoms with Gasteiger partial charge in [-0.1, -0.05) is 35.8 Å². The molecule has 1 aromatic rings. The van der Waals surface area contributed by atoms with Crippen molar-refractivity contribution in [2.45, 2.75) is 20.4 Å². The first-order valence-corrected chi connectivity index (χ1v) is 7.19. The summed E-state index contributed by atoms with van der Waals surface area (Å²) in [5, 5.41) is 3.12. The Morgan fingerprint density at radius 3 is 2.63 bits per heavy atom. The molecule has 0 radical (unpaired) electrons. The number of nitrogens with zero attached hydrogens (tertiary/aromatic N) is 1. The number of nitrogens with two attached hydrogens (primary N) is 1. The number of hydrogen-bond acceptors (Lipinski definition) is 3. The number of carbonyl (C=O) groups excluding carboxylic acids is 1. The highest BCUT2D eigenvalue weighted by atomic mass is 79.9. The van der Waals surface area contributed by atoms with Gasteiger partial charge in [0.15, 0.2) is 0 Å². The third kappa shape index (κ3) is 5.20. The van der Waals surface area contributed by atoms with E-state index in [1.165, 1.54) is 5.56 Å². The average Bonchev–Trinajstić information content (AvgIpc) is 2.30. The maximum absolute atomic E-state index is 11.2. The summed E-state index contributed by atoms with van der Waals surface area (Å²) >= 11 is 3.57. The van der Waals surface area contributed by atoms with Crippen molar-refractivity contribution in [1.29, 1.82) is 0 Å². The third-order valence-corrected chi connectivity index (χ3v) is 3.44. The molecule has 0 heterocycles. The molecule has 0 spiro atoms. The number of carbonyl (C=O) groups is 1. The highest BCUT2D eigenvalue weighted by Crippen LogP contribution is 2.24. The molecule has 3 N–H and O–H groups in total. The Morgan fingerprint density at radius 2 is 2.16 bits per heavy atom. The molecule has 19 heavy (non-hydrogen) atoms. The Labute approximate surface area is 123 Å². The smallest absolute Gasteiger partial charge is 0.236 e. The maximum Gasteiger partial charge on any atom is 0.236 e. The molecule has 0 unspecified atom stereocenters. The van der Waals surface area contributed by atoms with E-state index in [-0.39, 0.29) is 12.5 Å². The quantitative estimate of drug-likeness (QED) is 0.806. The van der Waals surface area contributed by atoms with Gasteiger partial charge in [-0.25, -0.2) is 0 Å². The monoisotopic (exact) mass is 327 g/mol. The van der Waals surface area contributed by atoms with Gasteiger partial charge in [-0.05, 0) is 30.7 Å². The molecular formula is C14H22BrN3O. The molecule has 0 aromatic heterocycles. The fourth-order valence-corrected chi connectivity index (χ4v) is 2.46. The van der Waals surface area contributed by atoms with Crippen molar-refractivity contribution in [3.8, 4) is 0 Å². The van der Waals surface area contributed by atoms with Crippen LogP contribution in [-0.4, -0.2) is 26.0 Å². The van der Waals surface area contributed by atoms with Crippen LogP contribution in [0.1, 0.15) is 19.4 Å². The van der Waals surface area contributed by atoms with Gasteiger partial charge in [0.2, 0.25) is 5.91 Å². The number of amides is 1. The average molecular weight is 328 g/mol. The van der Waals surface area contributed by atoms with Gasteiger partial charge in [-0.2, -0.15) is 0 Å². The minimum Gasteiger partial charge on any atom is -0.368 e. The molecule has 0 aliphatic rings. The lowest BCUT2D eigenvalue weighted by Crippen LogP contribution is -2.36. The lowest BCUT2D eigenvalue weighted by Gasteiger charge is -2.26. The number of hydrogen-bond donors (Lipinski definition) is 2. The van der Waals surface area contributed by atoms with E-state index in [1.807, 2.05) is 24.1 Å². The van der Waals surface area contributed by atoms with Crippen molar-refractivity contribution < 1.29 is 4.79 Å². The Kier molecular flexibility index (Phi) is 6.31. The van der Waals surface area contributed by atoms with Crippen LogP contribution in [0.4, 0.5) is 5.69 Å². The number of benzene rings is 1. The lowest BCUT2D eigenvalue weighted by molar-refractivity contribution is -0.116. The molecular weight excluding hydrogens is 306 g/mol. The summed E-state index contributed by atoms with van der Waals surface area (Å²) in [6.45, 7) is 6.11. The van der Waals surface area contributed by atoms with Crippen LogP contribution in [-0.2, 0) is 11.3 Å². The van der Waals surface area contributed by atoms with Crippen LogP contribution in [0.2, 0.25) is 0 Å². The van der Waals surface area contributed by atoms with Gasteiger partial charge in [0, 0.05) is 23.2 Å². The highest BCUT2D eigenvalue weighted by molar-refractivity contribution is 9.10. The number of anilines is 1. The Hall–Kier alpha value is -1.07. The van der Waals surface area contributed by atoms with Crippen molar-refractivity contribution in [3.05, 3.63) is 28.2 Å². The second-order valence-corrected chi connectivity index (χ2v) is 5.90. The van der Waals surface area contributed by atoms with E-state index in [1.54, 1.807) is 0 Å². The topological polar surface area (TPSA) is 58.4 Å². The molecule has 0 atom stereocenters. The molecule has 4 nitrogen and oxygen atoms in total. The summed E-state index contributed by atoms with van der Waals surface area (Å²) in [5.74, 6) is 0.159. The second kappa shape index (κ2) is 7.50. The van der Waals surface area contributed by atoms with Crippen molar-refractivity contribution >= 4 is 27.5 Å². The largest absolute Gasteiger partial charge is 0.368 e. The van der Waals surface area contributed by atoms with E-state index in [2.05, 4.69) is 41.2 Å². The molecule has 0 saturated carbocycles. The minimum atomic E-state index is -0.309. The van der Waals surface area contributed by atoms with Crippen LogP contribution in [0.5, 0.6) is 0 Å². The molecule has 5 heteroatoms.